The lowest BCUT2D eigenvalue weighted by Gasteiger charge is -2.26. The number of benzene rings is 1. The smallest absolute Gasteiger partial charge is 0.105 e. The highest BCUT2D eigenvalue weighted by molar-refractivity contribution is 5.82. The van der Waals surface area contributed by atoms with Gasteiger partial charge in [-0.3, -0.25) is 0 Å². The fraction of sp³-hybridized carbons (Fsp3) is 0.467. The lowest BCUT2D eigenvalue weighted by molar-refractivity contribution is -0.0262. The predicted octanol–water partition coefficient (Wildman–Crippen LogP) is 1.80. The third-order valence-corrected chi connectivity index (χ3v) is 4.08. The van der Waals surface area contributed by atoms with Crippen LogP contribution in [0.4, 0.5) is 0 Å². The number of aromatic nitrogens is 1. The van der Waals surface area contributed by atoms with E-state index in [1.54, 1.807) is 0 Å². The van der Waals surface area contributed by atoms with E-state index in [0.29, 0.717) is 19.6 Å². The van der Waals surface area contributed by atoms with Crippen LogP contribution in [0.5, 0.6) is 0 Å². The summed E-state index contributed by atoms with van der Waals surface area (Å²) in [5, 5.41) is 15.0. The van der Waals surface area contributed by atoms with Crippen molar-refractivity contribution in [2.24, 2.45) is 0 Å². The van der Waals surface area contributed by atoms with E-state index in [9.17, 15) is 5.11 Å². The van der Waals surface area contributed by atoms with Gasteiger partial charge in [0, 0.05) is 37.8 Å². The third-order valence-electron chi connectivity index (χ3n) is 4.08. The number of aliphatic hydroxyl groups is 1. The number of rotatable bonds is 4. The van der Waals surface area contributed by atoms with E-state index in [2.05, 4.69) is 34.6 Å². The van der Waals surface area contributed by atoms with Gasteiger partial charge in [0.15, 0.2) is 0 Å². The Balaban J connectivity index is 1.65. The Morgan fingerprint density at radius 2 is 2.37 bits per heavy atom. The van der Waals surface area contributed by atoms with E-state index < -0.39 is 5.60 Å². The van der Waals surface area contributed by atoms with E-state index >= 15 is 0 Å². The number of aromatic amines is 1. The molecule has 4 heteroatoms. The monoisotopic (exact) mass is 260 g/mol. The first-order valence-electron chi connectivity index (χ1n) is 6.79. The first-order chi connectivity index (χ1) is 9.19. The lowest BCUT2D eigenvalue weighted by atomic mass is 9.96. The molecule has 0 spiro atoms. The second-order valence-corrected chi connectivity index (χ2v) is 5.33. The Morgan fingerprint density at radius 1 is 1.47 bits per heavy atom. The minimum atomic E-state index is -0.733. The summed E-state index contributed by atoms with van der Waals surface area (Å²) in [5.41, 5.74) is 1.65. The Bertz CT molecular complexity index is 566. The molecule has 1 fully saturated rings. The van der Waals surface area contributed by atoms with Crippen molar-refractivity contribution in [2.45, 2.75) is 31.6 Å². The molecule has 2 unspecified atom stereocenters. The van der Waals surface area contributed by atoms with E-state index in [4.69, 9.17) is 4.74 Å². The molecular formula is C15H20N2O2. The van der Waals surface area contributed by atoms with Gasteiger partial charge in [0.05, 0.1) is 6.10 Å². The zero-order valence-corrected chi connectivity index (χ0v) is 11.1. The van der Waals surface area contributed by atoms with Gasteiger partial charge in [0.1, 0.15) is 5.60 Å². The number of fused-ring (bicyclic) bond motifs is 1. The maximum atomic E-state index is 10.4. The zero-order valence-electron chi connectivity index (χ0n) is 11.1. The van der Waals surface area contributed by atoms with Crippen LogP contribution in [0, 0.1) is 0 Å². The minimum Gasteiger partial charge on any atom is -0.386 e. The molecule has 0 saturated carbocycles. The number of hydrogen-bond acceptors (Lipinski definition) is 3. The van der Waals surface area contributed by atoms with Crippen LogP contribution in [0.3, 0.4) is 0 Å². The molecule has 0 aliphatic carbocycles. The van der Waals surface area contributed by atoms with Gasteiger partial charge in [-0.25, -0.2) is 0 Å². The SMILES string of the molecule is CC1OCCC1(O)CNCc1cccc2cc[nH]c12. The van der Waals surface area contributed by atoms with Gasteiger partial charge >= 0.3 is 0 Å². The number of para-hydroxylation sites is 1. The van der Waals surface area contributed by atoms with Crippen molar-refractivity contribution in [3.8, 4) is 0 Å². The molecule has 2 aromatic rings. The molecule has 3 rings (SSSR count). The summed E-state index contributed by atoms with van der Waals surface area (Å²) < 4.78 is 5.43. The second kappa shape index (κ2) is 4.96. The topological polar surface area (TPSA) is 57.3 Å². The number of H-pyrrole nitrogens is 1. The molecule has 1 aliphatic heterocycles. The van der Waals surface area contributed by atoms with Crippen molar-refractivity contribution in [2.75, 3.05) is 13.2 Å². The molecule has 1 aliphatic rings. The number of ether oxygens (including phenoxy) is 1. The van der Waals surface area contributed by atoms with Crippen molar-refractivity contribution >= 4 is 10.9 Å². The van der Waals surface area contributed by atoms with Crippen LogP contribution >= 0.6 is 0 Å². The summed E-state index contributed by atoms with van der Waals surface area (Å²) in [7, 11) is 0. The van der Waals surface area contributed by atoms with Gasteiger partial charge in [-0.2, -0.15) is 0 Å². The van der Waals surface area contributed by atoms with Crippen LogP contribution in [0.25, 0.3) is 10.9 Å². The molecule has 1 aromatic carbocycles. The van der Waals surface area contributed by atoms with Crippen LogP contribution in [0.1, 0.15) is 18.9 Å². The maximum absolute atomic E-state index is 10.4. The van der Waals surface area contributed by atoms with E-state index in [0.717, 1.165) is 12.1 Å². The molecule has 1 saturated heterocycles. The molecule has 102 valence electrons. The molecule has 0 radical (unpaired) electrons. The molecule has 19 heavy (non-hydrogen) atoms. The van der Waals surface area contributed by atoms with Crippen LogP contribution in [-0.4, -0.2) is 34.9 Å². The van der Waals surface area contributed by atoms with Crippen molar-refractivity contribution < 1.29 is 9.84 Å². The van der Waals surface area contributed by atoms with Gasteiger partial charge < -0.3 is 20.1 Å². The van der Waals surface area contributed by atoms with Crippen molar-refractivity contribution in [3.05, 3.63) is 36.0 Å². The van der Waals surface area contributed by atoms with Crippen LogP contribution in [0.2, 0.25) is 0 Å². The first-order valence-corrected chi connectivity index (χ1v) is 6.79. The third kappa shape index (κ3) is 2.39. The summed E-state index contributed by atoms with van der Waals surface area (Å²) in [6.07, 6.45) is 2.56. The van der Waals surface area contributed by atoms with Gasteiger partial charge in [0.25, 0.3) is 0 Å². The molecule has 4 nitrogen and oxygen atoms in total. The fourth-order valence-corrected chi connectivity index (χ4v) is 2.71. The molecule has 3 N–H and O–H groups in total. The zero-order chi connectivity index (χ0) is 13.3. The lowest BCUT2D eigenvalue weighted by Crippen LogP contribution is -2.45. The van der Waals surface area contributed by atoms with Crippen molar-refractivity contribution in [1.29, 1.82) is 0 Å². The standard InChI is InChI=1S/C15H20N2O2/c1-11-15(18,6-8-19-11)10-16-9-13-4-2-3-12-5-7-17-14(12)13/h2-5,7,11,16-18H,6,8-10H2,1H3. The van der Waals surface area contributed by atoms with Crippen LogP contribution in [0.15, 0.2) is 30.5 Å². The Hall–Kier alpha value is -1.36. The average Bonchev–Trinajstić information content (AvgIpc) is 2.98. The first kappa shape index (κ1) is 12.7. The molecule has 2 heterocycles. The van der Waals surface area contributed by atoms with Gasteiger partial charge in [0.2, 0.25) is 0 Å². The van der Waals surface area contributed by atoms with Crippen molar-refractivity contribution in [1.82, 2.24) is 10.3 Å². The quantitative estimate of drug-likeness (QED) is 0.785. The van der Waals surface area contributed by atoms with E-state index in [-0.39, 0.29) is 6.10 Å². The molecule has 2 atom stereocenters. The highest BCUT2D eigenvalue weighted by atomic mass is 16.5. The molecular weight excluding hydrogens is 240 g/mol. The Morgan fingerprint density at radius 3 is 3.16 bits per heavy atom. The summed E-state index contributed by atoms with van der Waals surface area (Å²) in [5.74, 6) is 0. The van der Waals surface area contributed by atoms with E-state index in [1.807, 2.05) is 13.1 Å². The van der Waals surface area contributed by atoms with Crippen LogP contribution in [-0.2, 0) is 11.3 Å². The highest BCUT2D eigenvalue weighted by Gasteiger charge is 2.38. The van der Waals surface area contributed by atoms with Gasteiger partial charge in [-0.05, 0) is 23.9 Å². The van der Waals surface area contributed by atoms with E-state index in [1.165, 1.54) is 10.9 Å². The predicted molar refractivity (Wildman–Crippen MR) is 75.0 cm³/mol. The summed E-state index contributed by atoms with van der Waals surface area (Å²) in [6.45, 7) is 3.88. The highest BCUT2D eigenvalue weighted by Crippen LogP contribution is 2.25. The number of nitrogens with one attached hydrogen (secondary N) is 2. The molecule has 0 amide bonds. The minimum absolute atomic E-state index is 0.0960. The van der Waals surface area contributed by atoms with Gasteiger partial charge in [-0.15, -0.1) is 0 Å². The van der Waals surface area contributed by atoms with Gasteiger partial charge in [-0.1, -0.05) is 18.2 Å². The molecule has 0 bridgehead atoms. The second-order valence-electron chi connectivity index (χ2n) is 5.33. The Kier molecular flexibility index (Phi) is 3.31. The molecule has 1 aromatic heterocycles. The number of hydrogen-bond donors (Lipinski definition) is 3. The van der Waals surface area contributed by atoms with Crippen molar-refractivity contribution in [3.63, 3.8) is 0 Å². The Labute approximate surface area is 112 Å². The maximum Gasteiger partial charge on any atom is 0.105 e. The average molecular weight is 260 g/mol. The largest absolute Gasteiger partial charge is 0.386 e. The fourth-order valence-electron chi connectivity index (χ4n) is 2.71. The summed E-state index contributed by atoms with van der Waals surface area (Å²) >= 11 is 0. The van der Waals surface area contributed by atoms with Crippen LogP contribution < -0.4 is 5.32 Å². The summed E-state index contributed by atoms with van der Waals surface area (Å²) in [6, 6.07) is 8.32. The normalized spacial score (nSPS) is 27.2. The summed E-state index contributed by atoms with van der Waals surface area (Å²) in [4.78, 5) is 3.26.